The molecule has 0 aliphatic heterocycles. The monoisotopic (exact) mass is 270 g/mol. The Morgan fingerprint density at radius 2 is 2.14 bits per heavy atom. The lowest BCUT2D eigenvalue weighted by molar-refractivity contribution is 0.100. The zero-order valence-electron chi connectivity index (χ0n) is 7.08. The van der Waals surface area contributed by atoms with Crippen LogP contribution in [0.3, 0.4) is 0 Å². The highest BCUT2D eigenvalue weighted by atomic mass is 79.9. The fraction of sp³-hybridized carbons (Fsp3) is 0. The van der Waals surface area contributed by atoms with Gasteiger partial charge in [-0.05, 0) is 12.1 Å². The number of amides is 1. The molecule has 0 radical (unpaired) electrons. The first-order valence-corrected chi connectivity index (χ1v) is 5.48. The predicted octanol–water partition coefficient (Wildman–Crippen LogP) is 2.34. The van der Waals surface area contributed by atoms with Gasteiger partial charge in [0.25, 0.3) is 5.91 Å². The molecule has 0 spiro atoms. The van der Waals surface area contributed by atoms with E-state index in [9.17, 15) is 4.79 Å². The zero-order chi connectivity index (χ0) is 10.3. The summed E-state index contributed by atoms with van der Waals surface area (Å²) < 4.78 is 1.92. The number of hydrogen-bond donors (Lipinski definition) is 2. The highest BCUT2D eigenvalue weighted by Crippen LogP contribution is 2.34. The molecule has 0 aliphatic carbocycles. The Hall–Kier alpha value is -1.07. The van der Waals surface area contributed by atoms with Crippen LogP contribution in [0.4, 0.5) is 5.69 Å². The lowest BCUT2D eigenvalue weighted by Crippen LogP contribution is -2.10. The van der Waals surface area contributed by atoms with E-state index in [0.29, 0.717) is 10.6 Å². The summed E-state index contributed by atoms with van der Waals surface area (Å²) in [5, 5.41) is 0.881. The van der Waals surface area contributed by atoms with Gasteiger partial charge in [-0.25, -0.2) is 0 Å². The van der Waals surface area contributed by atoms with E-state index in [1.54, 1.807) is 0 Å². The minimum Gasteiger partial charge on any atom is -0.397 e. The third-order valence-electron chi connectivity index (χ3n) is 1.91. The van der Waals surface area contributed by atoms with Crippen LogP contribution in [0.25, 0.3) is 10.1 Å². The summed E-state index contributed by atoms with van der Waals surface area (Å²) in [4.78, 5) is 11.4. The second kappa shape index (κ2) is 3.25. The molecule has 5 heteroatoms. The van der Waals surface area contributed by atoms with Crippen LogP contribution in [0.2, 0.25) is 0 Å². The molecule has 14 heavy (non-hydrogen) atoms. The van der Waals surface area contributed by atoms with E-state index in [2.05, 4.69) is 15.9 Å². The molecule has 0 saturated carbocycles. The number of thiophene rings is 1. The third-order valence-corrected chi connectivity index (χ3v) is 3.59. The summed E-state index contributed by atoms with van der Waals surface area (Å²) in [6, 6.07) is 5.68. The van der Waals surface area contributed by atoms with E-state index in [4.69, 9.17) is 11.5 Å². The number of nitrogen functional groups attached to an aromatic ring is 1. The summed E-state index contributed by atoms with van der Waals surface area (Å²) in [6.07, 6.45) is 0. The van der Waals surface area contributed by atoms with Crippen molar-refractivity contribution in [2.45, 2.75) is 0 Å². The van der Waals surface area contributed by atoms with Crippen LogP contribution >= 0.6 is 27.3 Å². The Bertz CT molecular complexity index is 521. The first-order chi connectivity index (χ1) is 6.59. The molecule has 0 unspecified atom stereocenters. The van der Waals surface area contributed by atoms with E-state index >= 15 is 0 Å². The normalized spacial score (nSPS) is 10.6. The van der Waals surface area contributed by atoms with Crippen LogP contribution in [0.15, 0.2) is 22.7 Å². The first kappa shape index (κ1) is 9.48. The number of anilines is 1. The highest BCUT2D eigenvalue weighted by molar-refractivity contribution is 9.10. The number of nitrogens with two attached hydrogens (primary N) is 2. The van der Waals surface area contributed by atoms with Crippen LogP contribution < -0.4 is 11.5 Å². The van der Waals surface area contributed by atoms with Gasteiger partial charge in [-0.3, -0.25) is 4.79 Å². The molecular formula is C9H7BrN2OS. The van der Waals surface area contributed by atoms with Gasteiger partial charge in [0.05, 0.1) is 5.69 Å². The minimum absolute atomic E-state index is 0.429. The molecule has 2 aromatic rings. The molecule has 0 saturated heterocycles. The molecule has 72 valence electrons. The van der Waals surface area contributed by atoms with E-state index in [0.717, 1.165) is 14.6 Å². The van der Waals surface area contributed by atoms with Crippen molar-refractivity contribution in [1.82, 2.24) is 0 Å². The van der Waals surface area contributed by atoms with Gasteiger partial charge in [0, 0.05) is 14.6 Å². The van der Waals surface area contributed by atoms with E-state index in [1.807, 2.05) is 18.2 Å². The Morgan fingerprint density at radius 3 is 2.79 bits per heavy atom. The predicted molar refractivity (Wildman–Crippen MR) is 62.5 cm³/mol. The quantitative estimate of drug-likeness (QED) is 0.835. The van der Waals surface area contributed by atoms with Crippen molar-refractivity contribution < 1.29 is 4.79 Å². The summed E-state index contributed by atoms with van der Waals surface area (Å²) in [5.41, 5.74) is 11.5. The first-order valence-electron chi connectivity index (χ1n) is 3.87. The average Bonchev–Trinajstić information content (AvgIpc) is 2.43. The van der Waals surface area contributed by atoms with Gasteiger partial charge in [0.1, 0.15) is 4.88 Å². The summed E-state index contributed by atoms with van der Waals surface area (Å²) in [7, 11) is 0. The second-order valence-electron chi connectivity index (χ2n) is 2.85. The highest BCUT2D eigenvalue weighted by Gasteiger charge is 2.13. The molecule has 2 rings (SSSR count). The molecule has 1 amide bonds. The molecule has 1 aromatic heterocycles. The Balaban J connectivity index is 2.79. The lowest BCUT2D eigenvalue weighted by atomic mass is 10.2. The smallest absolute Gasteiger partial charge is 0.260 e. The minimum atomic E-state index is -0.472. The van der Waals surface area contributed by atoms with Crippen molar-refractivity contribution in [3.8, 4) is 0 Å². The molecule has 0 atom stereocenters. The number of carbonyl (C=O) groups excluding carboxylic acids is 1. The van der Waals surface area contributed by atoms with E-state index in [1.165, 1.54) is 11.3 Å². The molecule has 0 bridgehead atoms. The fourth-order valence-corrected chi connectivity index (χ4v) is 2.80. The number of hydrogen-bond acceptors (Lipinski definition) is 3. The number of primary amides is 1. The Kier molecular flexibility index (Phi) is 2.20. The van der Waals surface area contributed by atoms with E-state index in [-0.39, 0.29) is 0 Å². The maximum atomic E-state index is 11.0. The largest absolute Gasteiger partial charge is 0.397 e. The van der Waals surface area contributed by atoms with Gasteiger partial charge in [0.2, 0.25) is 0 Å². The molecule has 1 aromatic carbocycles. The molecule has 0 aliphatic rings. The summed E-state index contributed by atoms with van der Waals surface area (Å²) >= 11 is 4.67. The molecular weight excluding hydrogens is 264 g/mol. The standard InChI is InChI=1S/C9H7BrN2OS/c10-4-1-2-5-6(3-4)14-8(7(5)11)9(12)13/h1-3H,11H2,(H2,12,13). The van der Waals surface area contributed by atoms with Crippen molar-refractivity contribution in [2.75, 3.05) is 5.73 Å². The maximum absolute atomic E-state index is 11.0. The van der Waals surface area contributed by atoms with E-state index < -0.39 is 5.91 Å². The molecule has 1 heterocycles. The van der Waals surface area contributed by atoms with Gasteiger partial charge >= 0.3 is 0 Å². The van der Waals surface area contributed by atoms with Gasteiger partial charge in [-0.1, -0.05) is 22.0 Å². The number of benzene rings is 1. The Morgan fingerprint density at radius 1 is 1.43 bits per heavy atom. The van der Waals surface area contributed by atoms with Crippen molar-refractivity contribution in [1.29, 1.82) is 0 Å². The third kappa shape index (κ3) is 1.38. The van der Waals surface area contributed by atoms with Crippen LogP contribution in [-0.4, -0.2) is 5.91 Å². The maximum Gasteiger partial charge on any atom is 0.260 e. The van der Waals surface area contributed by atoms with Crippen LogP contribution in [0, 0.1) is 0 Å². The fourth-order valence-electron chi connectivity index (χ4n) is 1.27. The number of carbonyl (C=O) groups is 1. The van der Waals surface area contributed by atoms with Crippen LogP contribution in [0.1, 0.15) is 9.67 Å². The van der Waals surface area contributed by atoms with Crippen molar-refractivity contribution in [3.05, 3.63) is 27.5 Å². The van der Waals surface area contributed by atoms with Gasteiger partial charge < -0.3 is 11.5 Å². The van der Waals surface area contributed by atoms with Crippen molar-refractivity contribution in [3.63, 3.8) is 0 Å². The zero-order valence-corrected chi connectivity index (χ0v) is 9.48. The van der Waals surface area contributed by atoms with Crippen molar-refractivity contribution >= 4 is 48.9 Å². The molecule has 3 nitrogen and oxygen atoms in total. The van der Waals surface area contributed by atoms with Crippen molar-refractivity contribution in [2.24, 2.45) is 5.73 Å². The lowest BCUT2D eigenvalue weighted by Gasteiger charge is -1.92. The number of halogens is 1. The summed E-state index contributed by atoms with van der Waals surface area (Å²) in [5.74, 6) is -0.472. The van der Waals surface area contributed by atoms with Crippen LogP contribution in [0.5, 0.6) is 0 Å². The average molecular weight is 271 g/mol. The summed E-state index contributed by atoms with van der Waals surface area (Å²) in [6.45, 7) is 0. The van der Waals surface area contributed by atoms with Gasteiger partial charge in [0.15, 0.2) is 0 Å². The number of rotatable bonds is 1. The molecule has 0 fully saturated rings. The Labute approximate surface area is 92.8 Å². The number of fused-ring (bicyclic) bond motifs is 1. The topological polar surface area (TPSA) is 69.1 Å². The SMILES string of the molecule is NC(=O)c1sc2cc(Br)ccc2c1N. The van der Waals surface area contributed by atoms with Gasteiger partial charge in [-0.15, -0.1) is 11.3 Å². The van der Waals surface area contributed by atoms with Gasteiger partial charge in [-0.2, -0.15) is 0 Å². The second-order valence-corrected chi connectivity index (χ2v) is 4.82. The molecule has 4 N–H and O–H groups in total. The van der Waals surface area contributed by atoms with Crippen LogP contribution in [-0.2, 0) is 0 Å².